The maximum absolute atomic E-state index is 5.53. The van der Waals surface area contributed by atoms with E-state index < -0.39 is 0 Å². The monoisotopic (exact) mass is 165 g/mol. The first-order valence-electron chi connectivity index (χ1n) is 4.62. The normalized spacial score (nSPS) is 16.8. The molecule has 0 radical (unpaired) electrons. The molecular formula is C9H15N3. The zero-order chi connectivity index (χ0) is 8.55. The summed E-state index contributed by atoms with van der Waals surface area (Å²) in [6.45, 7) is 2.73. The van der Waals surface area contributed by atoms with Crippen LogP contribution in [0.3, 0.4) is 0 Å². The first-order valence-corrected chi connectivity index (χ1v) is 4.62. The van der Waals surface area contributed by atoms with Gasteiger partial charge in [-0.05, 0) is 25.3 Å². The molecule has 1 aliphatic carbocycles. The lowest BCUT2D eigenvalue weighted by atomic mass is 10.3. The summed E-state index contributed by atoms with van der Waals surface area (Å²) in [7, 11) is 0. The van der Waals surface area contributed by atoms with E-state index in [0.717, 1.165) is 12.1 Å². The van der Waals surface area contributed by atoms with Crippen molar-refractivity contribution >= 4 is 0 Å². The molecule has 2 rings (SSSR count). The summed E-state index contributed by atoms with van der Waals surface area (Å²) in [5, 5.41) is 4.45. The average molecular weight is 165 g/mol. The second kappa shape index (κ2) is 2.90. The predicted octanol–water partition coefficient (Wildman–Crippen LogP) is 1.24. The fourth-order valence-electron chi connectivity index (χ4n) is 1.49. The highest BCUT2D eigenvalue weighted by Crippen LogP contribution is 2.35. The van der Waals surface area contributed by atoms with Crippen LogP contribution < -0.4 is 5.73 Å². The molecule has 1 aromatic rings. The third-order valence-corrected chi connectivity index (χ3v) is 2.33. The molecule has 1 aromatic heterocycles. The Morgan fingerprint density at radius 1 is 1.67 bits per heavy atom. The number of aryl methyl sites for hydroxylation is 1. The molecule has 66 valence electrons. The Labute approximate surface area is 72.6 Å². The molecule has 1 aliphatic rings. The number of hydrogen-bond acceptors (Lipinski definition) is 2. The van der Waals surface area contributed by atoms with Crippen molar-refractivity contribution < 1.29 is 0 Å². The maximum atomic E-state index is 5.53. The van der Waals surface area contributed by atoms with Crippen molar-refractivity contribution in [1.29, 1.82) is 0 Å². The number of aromatic nitrogens is 2. The van der Waals surface area contributed by atoms with Crippen molar-refractivity contribution in [1.82, 2.24) is 9.78 Å². The number of nitrogens with zero attached hydrogens (tertiary/aromatic N) is 2. The van der Waals surface area contributed by atoms with Crippen molar-refractivity contribution in [3.63, 3.8) is 0 Å². The van der Waals surface area contributed by atoms with Crippen molar-refractivity contribution in [3.8, 4) is 0 Å². The summed E-state index contributed by atoms with van der Waals surface area (Å²) in [6.07, 6.45) is 3.64. The highest BCUT2D eigenvalue weighted by atomic mass is 15.3. The Kier molecular flexibility index (Phi) is 1.89. The smallest absolute Gasteiger partial charge is 0.0763 e. The van der Waals surface area contributed by atoms with Gasteiger partial charge in [-0.2, -0.15) is 5.10 Å². The Balaban J connectivity index is 2.29. The zero-order valence-corrected chi connectivity index (χ0v) is 7.45. The summed E-state index contributed by atoms with van der Waals surface area (Å²) >= 11 is 0. The Hall–Kier alpha value is -0.830. The summed E-state index contributed by atoms with van der Waals surface area (Å²) in [6, 6.07) is 2.80. The second-order valence-electron chi connectivity index (χ2n) is 3.36. The van der Waals surface area contributed by atoms with Crippen molar-refractivity contribution in [2.45, 2.75) is 38.8 Å². The van der Waals surface area contributed by atoms with E-state index in [0.29, 0.717) is 12.6 Å². The van der Waals surface area contributed by atoms with Gasteiger partial charge >= 0.3 is 0 Å². The fraction of sp³-hybridized carbons (Fsp3) is 0.667. The largest absolute Gasteiger partial charge is 0.325 e. The topological polar surface area (TPSA) is 43.8 Å². The lowest BCUT2D eigenvalue weighted by Crippen LogP contribution is -2.02. The fourth-order valence-corrected chi connectivity index (χ4v) is 1.49. The average Bonchev–Trinajstić information content (AvgIpc) is 2.85. The van der Waals surface area contributed by atoms with Crippen LogP contribution in [0.1, 0.15) is 37.2 Å². The Morgan fingerprint density at radius 3 is 2.92 bits per heavy atom. The Morgan fingerprint density at radius 2 is 2.42 bits per heavy atom. The second-order valence-corrected chi connectivity index (χ2v) is 3.36. The molecule has 2 N–H and O–H groups in total. The summed E-state index contributed by atoms with van der Waals surface area (Å²) < 4.78 is 2.15. The van der Waals surface area contributed by atoms with Crippen molar-refractivity contribution in [2.24, 2.45) is 5.73 Å². The van der Waals surface area contributed by atoms with Gasteiger partial charge < -0.3 is 5.73 Å². The molecule has 1 saturated carbocycles. The molecule has 0 aromatic carbocycles. The van der Waals surface area contributed by atoms with E-state index in [1.54, 1.807) is 0 Å². The quantitative estimate of drug-likeness (QED) is 0.732. The van der Waals surface area contributed by atoms with Gasteiger partial charge in [0.05, 0.1) is 11.7 Å². The summed E-state index contributed by atoms with van der Waals surface area (Å²) in [4.78, 5) is 0. The molecule has 3 heteroatoms. The van der Waals surface area contributed by atoms with Gasteiger partial charge in [0.25, 0.3) is 0 Å². The van der Waals surface area contributed by atoms with Crippen molar-refractivity contribution in [3.05, 3.63) is 17.5 Å². The van der Waals surface area contributed by atoms with Crippen LogP contribution in [0.15, 0.2) is 6.07 Å². The SMILES string of the molecule is CCc1cc(CN)nn1C1CC1. The van der Waals surface area contributed by atoms with Crippen LogP contribution in [0.25, 0.3) is 0 Å². The van der Waals surface area contributed by atoms with Crippen LogP contribution in [0, 0.1) is 0 Å². The van der Waals surface area contributed by atoms with Gasteiger partial charge in [0.1, 0.15) is 0 Å². The third kappa shape index (κ3) is 1.25. The van der Waals surface area contributed by atoms with Gasteiger partial charge in [-0.3, -0.25) is 4.68 Å². The van der Waals surface area contributed by atoms with Crippen LogP contribution in [-0.4, -0.2) is 9.78 Å². The maximum Gasteiger partial charge on any atom is 0.0763 e. The van der Waals surface area contributed by atoms with E-state index in [4.69, 9.17) is 5.73 Å². The summed E-state index contributed by atoms with van der Waals surface area (Å²) in [5.41, 5.74) is 7.89. The van der Waals surface area contributed by atoms with E-state index in [1.165, 1.54) is 18.5 Å². The number of hydrogen-bond donors (Lipinski definition) is 1. The van der Waals surface area contributed by atoms with Gasteiger partial charge in [-0.25, -0.2) is 0 Å². The first-order chi connectivity index (χ1) is 5.85. The minimum Gasteiger partial charge on any atom is -0.325 e. The molecule has 0 amide bonds. The third-order valence-electron chi connectivity index (χ3n) is 2.33. The van der Waals surface area contributed by atoms with Crippen LogP contribution in [0.5, 0.6) is 0 Å². The molecule has 12 heavy (non-hydrogen) atoms. The molecule has 1 fully saturated rings. The molecule has 0 spiro atoms. The minimum atomic E-state index is 0.562. The molecule has 1 heterocycles. The lowest BCUT2D eigenvalue weighted by Gasteiger charge is -2.01. The predicted molar refractivity (Wildman–Crippen MR) is 47.8 cm³/mol. The minimum absolute atomic E-state index is 0.562. The van der Waals surface area contributed by atoms with Crippen LogP contribution >= 0.6 is 0 Å². The molecule has 0 atom stereocenters. The standard InChI is InChI=1S/C9H15N3/c1-2-8-5-7(6-10)11-12(8)9-3-4-9/h5,9H,2-4,6,10H2,1H3. The van der Waals surface area contributed by atoms with E-state index in [2.05, 4.69) is 22.8 Å². The zero-order valence-electron chi connectivity index (χ0n) is 7.45. The molecule has 0 bridgehead atoms. The van der Waals surface area contributed by atoms with Crippen LogP contribution in [0.2, 0.25) is 0 Å². The molecular weight excluding hydrogens is 150 g/mol. The first kappa shape index (κ1) is 7.80. The van der Waals surface area contributed by atoms with E-state index >= 15 is 0 Å². The number of rotatable bonds is 3. The van der Waals surface area contributed by atoms with Gasteiger partial charge in [-0.15, -0.1) is 0 Å². The highest BCUT2D eigenvalue weighted by molar-refractivity contribution is 5.12. The van der Waals surface area contributed by atoms with E-state index in [-0.39, 0.29) is 0 Å². The lowest BCUT2D eigenvalue weighted by molar-refractivity contribution is 0.601. The molecule has 0 aliphatic heterocycles. The van der Waals surface area contributed by atoms with Crippen LogP contribution in [-0.2, 0) is 13.0 Å². The summed E-state index contributed by atoms with van der Waals surface area (Å²) in [5.74, 6) is 0. The van der Waals surface area contributed by atoms with Gasteiger partial charge in [0.15, 0.2) is 0 Å². The molecule has 3 nitrogen and oxygen atoms in total. The van der Waals surface area contributed by atoms with Crippen LogP contribution in [0.4, 0.5) is 0 Å². The van der Waals surface area contributed by atoms with E-state index in [9.17, 15) is 0 Å². The highest BCUT2D eigenvalue weighted by Gasteiger charge is 2.26. The van der Waals surface area contributed by atoms with Gasteiger partial charge in [0, 0.05) is 12.2 Å². The van der Waals surface area contributed by atoms with Gasteiger partial charge in [-0.1, -0.05) is 6.92 Å². The molecule has 0 saturated heterocycles. The Bertz CT molecular complexity index is 273. The van der Waals surface area contributed by atoms with Crippen molar-refractivity contribution in [2.75, 3.05) is 0 Å². The molecule has 0 unspecified atom stereocenters. The van der Waals surface area contributed by atoms with E-state index in [1.807, 2.05) is 0 Å². The number of nitrogens with two attached hydrogens (primary N) is 1. The van der Waals surface area contributed by atoms with Gasteiger partial charge in [0.2, 0.25) is 0 Å².